The number of hydrogen-bond acceptors (Lipinski definition) is 1. The third kappa shape index (κ3) is 1.87. The third-order valence-corrected chi connectivity index (χ3v) is 4.15. The predicted octanol–water partition coefficient (Wildman–Crippen LogP) is 3.27. The molecule has 0 aliphatic carbocycles. The number of benzene rings is 1. The molecule has 0 unspecified atom stereocenters. The van der Waals surface area contributed by atoms with Gasteiger partial charge in [0.05, 0.1) is 0 Å². The zero-order chi connectivity index (χ0) is 11.7. The van der Waals surface area contributed by atoms with Crippen molar-refractivity contribution in [2.75, 3.05) is 13.1 Å². The van der Waals surface area contributed by atoms with Crippen molar-refractivity contribution in [1.82, 2.24) is 10.3 Å². The van der Waals surface area contributed by atoms with Crippen molar-refractivity contribution in [1.29, 1.82) is 0 Å². The SMILES string of the molecule is CC[C@@H]1CNCC[C@@H]1c1c[nH]c2ccccc12. The van der Waals surface area contributed by atoms with Crippen LogP contribution in [0, 0.1) is 5.92 Å². The van der Waals surface area contributed by atoms with Gasteiger partial charge in [0, 0.05) is 17.1 Å². The van der Waals surface area contributed by atoms with Gasteiger partial charge in [-0.3, -0.25) is 0 Å². The van der Waals surface area contributed by atoms with E-state index in [4.69, 9.17) is 0 Å². The third-order valence-electron chi connectivity index (χ3n) is 4.15. The van der Waals surface area contributed by atoms with E-state index in [-0.39, 0.29) is 0 Å². The molecular weight excluding hydrogens is 208 g/mol. The summed E-state index contributed by atoms with van der Waals surface area (Å²) in [5.74, 6) is 1.50. The quantitative estimate of drug-likeness (QED) is 0.811. The number of aromatic nitrogens is 1. The number of piperidine rings is 1. The lowest BCUT2D eigenvalue weighted by Gasteiger charge is -2.31. The minimum Gasteiger partial charge on any atom is -0.361 e. The lowest BCUT2D eigenvalue weighted by Crippen LogP contribution is -2.34. The molecule has 2 heterocycles. The average Bonchev–Trinajstić information content (AvgIpc) is 2.82. The van der Waals surface area contributed by atoms with Crippen molar-refractivity contribution in [3.8, 4) is 0 Å². The second kappa shape index (κ2) is 4.53. The van der Waals surface area contributed by atoms with Crippen LogP contribution in [-0.4, -0.2) is 18.1 Å². The van der Waals surface area contributed by atoms with E-state index in [1.807, 2.05) is 0 Å². The maximum Gasteiger partial charge on any atom is 0.0456 e. The van der Waals surface area contributed by atoms with E-state index in [1.165, 1.54) is 35.9 Å². The van der Waals surface area contributed by atoms with Gasteiger partial charge in [-0.2, -0.15) is 0 Å². The number of rotatable bonds is 2. The summed E-state index contributed by atoms with van der Waals surface area (Å²) in [5.41, 5.74) is 2.80. The Balaban J connectivity index is 2.01. The van der Waals surface area contributed by atoms with Crippen molar-refractivity contribution in [3.05, 3.63) is 36.0 Å². The second-order valence-electron chi connectivity index (χ2n) is 5.06. The standard InChI is InChI=1S/C15H20N2/c1-2-11-9-16-8-7-12(11)14-10-17-15-6-4-3-5-13(14)15/h3-6,10-12,16-17H,2,7-9H2,1H3/t11-,12+/m1/s1. The molecule has 0 amide bonds. The van der Waals surface area contributed by atoms with Crippen LogP contribution >= 0.6 is 0 Å². The van der Waals surface area contributed by atoms with Crippen LogP contribution < -0.4 is 5.32 Å². The van der Waals surface area contributed by atoms with Crippen LogP contribution in [0.3, 0.4) is 0 Å². The van der Waals surface area contributed by atoms with Crippen molar-refractivity contribution >= 4 is 10.9 Å². The molecule has 17 heavy (non-hydrogen) atoms. The van der Waals surface area contributed by atoms with Crippen molar-refractivity contribution in [2.24, 2.45) is 5.92 Å². The maximum absolute atomic E-state index is 3.52. The number of fused-ring (bicyclic) bond motifs is 1. The zero-order valence-electron chi connectivity index (χ0n) is 10.4. The molecule has 2 atom stereocenters. The normalized spacial score (nSPS) is 25.2. The smallest absolute Gasteiger partial charge is 0.0456 e. The lowest BCUT2D eigenvalue weighted by molar-refractivity contribution is 0.319. The van der Waals surface area contributed by atoms with E-state index in [1.54, 1.807) is 0 Å². The summed E-state index contributed by atoms with van der Waals surface area (Å²) >= 11 is 0. The molecular formula is C15H20N2. The van der Waals surface area contributed by atoms with E-state index in [0.29, 0.717) is 0 Å². The van der Waals surface area contributed by atoms with Gasteiger partial charge in [-0.15, -0.1) is 0 Å². The summed E-state index contributed by atoms with van der Waals surface area (Å²) in [4.78, 5) is 3.41. The van der Waals surface area contributed by atoms with E-state index < -0.39 is 0 Å². The van der Waals surface area contributed by atoms with Gasteiger partial charge in [-0.1, -0.05) is 31.5 Å². The van der Waals surface area contributed by atoms with E-state index in [9.17, 15) is 0 Å². The molecule has 1 aromatic heterocycles. The molecule has 90 valence electrons. The molecule has 3 rings (SSSR count). The van der Waals surface area contributed by atoms with Gasteiger partial charge in [0.1, 0.15) is 0 Å². The molecule has 2 N–H and O–H groups in total. The Bertz CT molecular complexity index is 500. The first-order chi connectivity index (χ1) is 8.40. The summed E-state index contributed by atoms with van der Waals surface area (Å²) in [6.07, 6.45) is 4.75. The molecule has 0 spiro atoms. The highest BCUT2D eigenvalue weighted by Gasteiger charge is 2.26. The van der Waals surface area contributed by atoms with Gasteiger partial charge in [-0.05, 0) is 43.0 Å². The van der Waals surface area contributed by atoms with E-state index in [0.717, 1.165) is 18.4 Å². The van der Waals surface area contributed by atoms with Crippen molar-refractivity contribution in [3.63, 3.8) is 0 Å². The van der Waals surface area contributed by atoms with Crippen LogP contribution in [0.2, 0.25) is 0 Å². The second-order valence-corrected chi connectivity index (χ2v) is 5.06. The number of H-pyrrole nitrogens is 1. The van der Waals surface area contributed by atoms with Crippen molar-refractivity contribution < 1.29 is 0 Å². The molecule has 2 aromatic rings. The minimum atomic E-state index is 0.720. The fourth-order valence-electron chi connectivity index (χ4n) is 3.16. The molecule has 1 aliphatic heterocycles. The van der Waals surface area contributed by atoms with Crippen LogP contribution in [0.15, 0.2) is 30.5 Å². The van der Waals surface area contributed by atoms with E-state index >= 15 is 0 Å². The lowest BCUT2D eigenvalue weighted by atomic mass is 9.80. The number of aromatic amines is 1. The summed E-state index contributed by atoms with van der Waals surface area (Å²) < 4.78 is 0. The van der Waals surface area contributed by atoms with Gasteiger partial charge in [0.25, 0.3) is 0 Å². The minimum absolute atomic E-state index is 0.720. The fraction of sp³-hybridized carbons (Fsp3) is 0.467. The number of para-hydroxylation sites is 1. The predicted molar refractivity (Wildman–Crippen MR) is 72.3 cm³/mol. The Morgan fingerprint density at radius 1 is 1.29 bits per heavy atom. The highest BCUT2D eigenvalue weighted by Crippen LogP contribution is 2.36. The van der Waals surface area contributed by atoms with Crippen LogP contribution in [-0.2, 0) is 0 Å². The highest BCUT2D eigenvalue weighted by molar-refractivity contribution is 5.83. The summed E-state index contributed by atoms with van der Waals surface area (Å²) in [5, 5.41) is 4.93. The largest absolute Gasteiger partial charge is 0.361 e. The Morgan fingerprint density at radius 2 is 2.18 bits per heavy atom. The van der Waals surface area contributed by atoms with Gasteiger partial charge in [0.15, 0.2) is 0 Å². The number of nitrogens with one attached hydrogen (secondary N) is 2. The average molecular weight is 228 g/mol. The first kappa shape index (κ1) is 10.8. The molecule has 2 heteroatoms. The number of hydrogen-bond donors (Lipinski definition) is 2. The topological polar surface area (TPSA) is 27.8 Å². The monoisotopic (exact) mass is 228 g/mol. The Kier molecular flexibility index (Phi) is 2.89. The Hall–Kier alpha value is -1.28. The van der Waals surface area contributed by atoms with Crippen LogP contribution in [0.1, 0.15) is 31.2 Å². The molecule has 1 fully saturated rings. The first-order valence-corrected chi connectivity index (χ1v) is 6.67. The molecule has 0 radical (unpaired) electrons. The first-order valence-electron chi connectivity index (χ1n) is 6.67. The van der Waals surface area contributed by atoms with Crippen LogP contribution in [0.4, 0.5) is 0 Å². The summed E-state index contributed by atoms with van der Waals surface area (Å²) in [7, 11) is 0. The van der Waals surface area contributed by atoms with Crippen molar-refractivity contribution in [2.45, 2.75) is 25.7 Å². The molecule has 0 saturated carbocycles. The summed E-state index contributed by atoms with van der Waals surface area (Å²) in [6, 6.07) is 8.65. The van der Waals surface area contributed by atoms with E-state index in [2.05, 4.69) is 47.7 Å². The molecule has 0 bridgehead atoms. The molecule has 2 nitrogen and oxygen atoms in total. The Morgan fingerprint density at radius 3 is 3.06 bits per heavy atom. The Labute approximate surface area is 102 Å². The van der Waals surface area contributed by atoms with Gasteiger partial charge in [-0.25, -0.2) is 0 Å². The van der Waals surface area contributed by atoms with Gasteiger partial charge in [0.2, 0.25) is 0 Å². The fourth-order valence-corrected chi connectivity index (χ4v) is 3.16. The molecule has 1 aromatic carbocycles. The maximum atomic E-state index is 3.52. The molecule has 1 aliphatic rings. The molecule has 1 saturated heterocycles. The van der Waals surface area contributed by atoms with Gasteiger partial charge >= 0.3 is 0 Å². The highest BCUT2D eigenvalue weighted by atomic mass is 14.9. The van der Waals surface area contributed by atoms with Crippen LogP contribution in [0.25, 0.3) is 10.9 Å². The van der Waals surface area contributed by atoms with Crippen LogP contribution in [0.5, 0.6) is 0 Å². The zero-order valence-corrected chi connectivity index (χ0v) is 10.4. The van der Waals surface area contributed by atoms with Gasteiger partial charge < -0.3 is 10.3 Å². The summed E-state index contributed by atoms with van der Waals surface area (Å²) in [6.45, 7) is 4.63.